The van der Waals surface area contributed by atoms with Crippen LogP contribution in [0.4, 0.5) is 22.7 Å². The molecule has 0 aliphatic rings. The van der Waals surface area contributed by atoms with Crippen molar-refractivity contribution >= 4 is 46.4 Å². The summed E-state index contributed by atoms with van der Waals surface area (Å²) in [4.78, 5) is 48.7. The summed E-state index contributed by atoms with van der Waals surface area (Å²) in [6, 6.07) is 20.2. The molecular weight excluding hydrogens is 408 g/mol. The lowest BCUT2D eigenvalue weighted by Crippen LogP contribution is -2.30. The van der Waals surface area contributed by atoms with Crippen LogP contribution in [-0.4, -0.2) is 23.6 Å². The van der Waals surface area contributed by atoms with Crippen molar-refractivity contribution in [1.82, 2.24) is 0 Å². The summed E-state index contributed by atoms with van der Waals surface area (Å²) in [5.41, 5.74) is 3.46. The molecule has 32 heavy (non-hydrogen) atoms. The van der Waals surface area contributed by atoms with E-state index in [1.165, 1.54) is 6.07 Å². The van der Waals surface area contributed by atoms with Crippen LogP contribution in [0.3, 0.4) is 0 Å². The lowest BCUT2D eigenvalue weighted by Gasteiger charge is -2.10. The molecule has 3 aromatic rings. The molecule has 3 aromatic carbocycles. The van der Waals surface area contributed by atoms with Gasteiger partial charge in [-0.05, 0) is 67.4 Å². The number of nitrogens with one attached hydrogen (secondary N) is 4. The Morgan fingerprint density at radius 2 is 0.750 bits per heavy atom. The maximum atomic E-state index is 12.2. The van der Waals surface area contributed by atoms with Crippen LogP contribution >= 0.6 is 0 Å². The number of carbonyl (C=O) groups excluding carboxylic acids is 4. The van der Waals surface area contributed by atoms with E-state index >= 15 is 0 Å². The van der Waals surface area contributed by atoms with Gasteiger partial charge in [0.1, 0.15) is 0 Å². The van der Waals surface area contributed by atoms with Crippen molar-refractivity contribution in [3.63, 3.8) is 0 Å². The zero-order chi connectivity index (χ0) is 23.1. The average molecular weight is 430 g/mol. The quantitative estimate of drug-likeness (QED) is 0.474. The Morgan fingerprint density at radius 1 is 0.469 bits per heavy atom. The van der Waals surface area contributed by atoms with Crippen molar-refractivity contribution in [3.8, 4) is 0 Å². The van der Waals surface area contributed by atoms with Crippen molar-refractivity contribution < 1.29 is 19.2 Å². The SMILES string of the molecule is Cc1cccc(NC(=O)C(=O)Nc2cccc(NC(=O)C(=O)Nc3cccc(C)c3)c2)c1. The fraction of sp³-hybridized carbons (Fsp3) is 0.0833. The number of anilines is 4. The molecule has 162 valence electrons. The molecule has 8 nitrogen and oxygen atoms in total. The molecular formula is C24H22N4O4. The molecule has 0 saturated heterocycles. The van der Waals surface area contributed by atoms with Gasteiger partial charge in [-0.1, -0.05) is 30.3 Å². The fourth-order valence-electron chi connectivity index (χ4n) is 2.87. The highest BCUT2D eigenvalue weighted by Gasteiger charge is 2.16. The van der Waals surface area contributed by atoms with Crippen LogP contribution in [-0.2, 0) is 19.2 Å². The number of amides is 4. The molecule has 0 aliphatic heterocycles. The first-order chi connectivity index (χ1) is 15.3. The van der Waals surface area contributed by atoms with Gasteiger partial charge >= 0.3 is 23.6 Å². The molecule has 4 N–H and O–H groups in total. The van der Waals surface area contributed by atoms with E-state index in [4.69, 9.17) is 0 Å². The van der Waals surface area contributed by atoms with Crippen LogP contribution in [0.15, 0.2) is 72.8 Å². The Kier molecular flexibility index (Phi) is 6.97. The molecule has 0 bridgehead atoms. The monoisotopic (exact) mass is 430 g/mol. The lowest BCUT2D eigenvalue weighted by molar-refractivity contribution is -0.133. The van der Waals surface area contributed by atoms with Crippen LogP contribution in [0.1, 0.15) is 11.1 Å². The summed E-state index contributed by atoms with van der Waals surface area (Å²) in [7, 11) is 0. The van der Waals surface area contributed by atoms with Crippen LogP contribution < -0.4 is 21.3 Å². The first-order valence-corrected chi connectivity index (χ1v) is 9.78. The summed E-state index contributed by atoms with van der Waals surface area (Å²) in [5, 5.41) is 9.96. The summed E-state index contributed by atoms with van der Waals surface area (Å²) in [5.74, 6) is -3.40. The molecule has 0 spiro atoms. The molecule has 3 rings (SSSR count). The van der Waals surface area contributed by atoms with Crippen molar-refractivity contribution in [3.05, 3.63) is 83.9 Å². The Balaban J connectivity index is 1.58. The van der Waals surface area contributed by atoms with E-state index in [0.29, 0.717) is 11.4 Å². The topological polar surface area (TPSA) is 116 Å². The highest BCUT2D eigenvalue weighted by atomic mass is 16.2. The molecule has 0 unspecified atom stereocenters. The van der Waals surface area contributed by atoms with Gasteiger partial charge < -0.3 is 21.3 Å². The Hall–Kier alpha value is -4.46. The van der Waals surface area contributed by atoms with Crippen molar-refractivity contribution in [2.45, 2.75) is 13.8 Å². The van der Waals surface area contributed by atoms with Crippen LogP contribution in [0.25, 0.3) is 0 Å². The summed E-state index contributed by atoms with van der Waals surface area (Å²) in [6.07, 6.45) is 0. The first-order valence-electron chi connectivity index (χ1n) is 9.78. The molecule has 0 atom stereocenters. The second-order valence-corrected chi connectivity index (χ2v) is 7.14. The lowest BCUT2D eigenvalue weighted by atomic mass is 10.2. The second-order valence-electron chi connectivity index (χ2n) is 7.14. The summed E-state index contributed by atoms with van der Waals surface area (Å²) < 4.78 is 0. The van der Waals surface area contributed by atoms with Gasteiger partial charge in [-0.15, -0.1) is 0 Å². The third kappa shape index (κ3) is 6.27. The van der Waals surface area contributed by atoms with E-state index < -0.39 is 23.6 Å². The van der Waals surface area contributed by atoms with E-state index in [0.717, 1.165) is 11.1 Å². The minimum atomic E-state index is -0.868. The zero-order valence-corrected chi connectivity index (χ0v) is 17.6. The number of aryl methyl sites for hydroxylation is 2. The van der Waals surface area contributed by atoms with Gasteiger partial charge in [0, 0.05) is 22.7 Å². The summed E-state index contributed by atoms with van der Waals surface area (Å²) >= 11 is 0. The van der Waals surface area contributed by atoms with Gasteiger partial charge in [0.05, 0.1) is 0 Å². The van der Waals surface area contributed by atoms with E-state index in [2.05, 4.69) is 21.3 Å². The molecule has 0 heterocycles. The fourth-order valence-corrected chi connectivity index (χ4v) is 2.87. The number of hydrogen-bond donors (Lipinski definition) is 4. The molecule has 0 fully saturated rings. The first kappa shape index (κ1) is 22.2. The third-order valence-electron chi connectivity index (χ3n) is 4.34. The van der Waals surface area contributed by atoms with Crippen molar-refractivity contribution in [2.75, 3.05) is 21.3 Å². The maximum Gasteiger partial charge on any atom is 0.314 e. The molecule has 0 saturated carbocycles. The predicted molar refractivity (Wildman–Crippen MR) is 123 cm³/mol. The largest absolute Gasteiger partial charge is 0.318 e. The van der Waals surface area contributed by atoms with Crippen molar-refractivity contribution in [2.24, 2.45) is 0 Å². The molecule has 8 heteroatoms. The van der Waals surface area contributed by atoms with Gasteiger partial charge in [0.25, 0.3) is 0 Å². The predicted octanol–water partition coefficient (Wildman–Crippen LogP) is 3.46. The van der Waals surface area contributed by atoms with Gasteiger partial charge in [0.2, 0.25) is 0 Å². The number of rotatable bonds is 4. The molecule has 4 amide bonds. The van der Waals surface area contributed by atoms with Gasteiger partial charge in [-0.3, -0.25) is 19.2 Å². The number of carbonyl (C=O) groups is 4. The number of benzene rings is 3. The molecule has 0 radical (unpaired) electrons. The van der Waals surface area contributed by atoms with Crippen LogP contribution in [0.5, 0.6) is 0 Å². The van der Waals surface area contributed by atoms with Crippen LogP contribution in [0, 0.1) is 13.8 Å². The smallest absolute Gasteiger partial charge is 0.314 e. The maximum absolute atomic E-state index is 12.2. The van der Waals surface area contributed by atoms with E-state index in [-0.39, 0.29) is 11.4 Å². The van der Waals surface area contributed by atoms with E-state index in [1.54, 1.807) is 54.6 Å². The standard InChI is InChI=1S/C24H22N4O4/c1-15-6-3-8-17(12-15)25-21(29)23(31)27-19-10-5-11-20(14-19)28-24(32)22(30)26-18-9-4-7-16(2)13-18/h3-14H,1-2H3,(H,25,29)(H,26,30)(H,27,31)(H,28,32). The van der Waals surface area contributed by atoms with E-state index in [9.17, 15) is 19.2 Å². The number of hydrogen-bond acceptors (Lipinski definition) is 4. The Morgan fingerprint density at radius 3 is 1.06 bits per heavy atom. The minimum absolute atomic E-state index is 0.284. The molecule has 0 aromatic heterocycles. The van der Waals surface area contributed by atoms with Gasteiger partial charge in [-0.25, -0.2) is 0 Å². The summed E-state index contributed by atoms with van der Waals surface area (Å²) in [6.45, 7) is 3.74. The Labute approximate surface area is 185 Å². The Bertz CT molecular complexity index is 1100. The van der Waals surface area contributed by atoms with E-state index in [1.807, 2.05) is 26.0 Å². The van der Waals surface area contributed by atoms with Crippen LogP contribution in [0.2, 0.25) is 0 Å². The van der Waals surface area contributed by atoms with Gasteiger partial charge in [-0.2, -0.15) is 0 Å². The average Bonchev–Trinajstić information content (AvgIpc) is 2.74. The minimum Gasteiger partial charge on any atom is -0.318 e. The highest BCUT2D eigenvalue weighted by Crippen LogP contribution is 2.16. The highest BCUT2D eigenvalue weighted by molar-refractivity contribution is 6.44. The zero-order valence-electron chi connectivity index (χ0n) is 17.6. The van der Waals surface area contributed by atoms with Gasteiger partial charge in [0.15, 0.2) is 0 Å². The normalized spacial score (nSPS) is 10.1. The third-order valence-corrected chi connectivity index (χ3v) is 4.34. The second kappa shape index (κ2) is 10.0. The van der Waals surface area contributed by atoms with Crippen molar-refractivity contribution in [1.29, 1.82) is 0 Å². The molecule has 0 aliphatic carbocycles.